The number of likely N-dealkylation sites (tertiary alicyclic amines) is 3. The van der Waals surface area contributed by atoms with E-state index in [0.717, 1.165) is 45.7 Å². The Bertz CT molecular complexity index is 956. The minimum absolute atomic E-state index is 0.0956. The van der Waals surface area contributed by atoms with Gasteiger partial charge in [-0.15, -0.1) is 0 Å². The number of piperidine rings is 1. The quantitative estimate of drug-likeness (QED) is 0.644. The molecule has 0 saturated carbocycles. The molecule has 5 heteroatoms. The van der Waals surface area contributed by atoms with E-state index in [4.69, 9.17) is 0 Å². The predicted molar refractivity (Wildman–Crippen MR) is 140 cm³/mol. The summed E-state index contributed by atoms with van der Waals surface area (Å²) in [6.45, 7) is 11.8. The van der Waals surface area contributed by atoms with Crippen molar-refractivity contribution in [3.63, 3.8) is 0 Å². The largest absolute Gasteiger partial charge is 0.354 e. The molecule has 3 saturated heterocycles. The third-order valence-corrected chi connectivity index (χ3v) is 8.34. The van der Waals surface area contributed by atoms with Crippen LogP contribution in [0.25, 0.3) is 10.8 Å². The maximum absolute atomic E-state index is 13.3. The standard InChI is InChI=1S/C29H42N4O/c1-2-33-15-7-10-28(33)18-30-29(34)27-17-24(20-31-13-5-6-14-31)21-32(22-27)19-23-11-12-25-8-3-4-9-26(25)16-23/h3-4,8-9,11-12,16,24,27-28H,2,5-7,10,13-15,17-22H2,1H3,(H,30,34)/t24-,27-,28?/m1/s1. The fourth-order valence-electron chi connectivity index (χ4n) is 6.59. The maximum Gasteiger partial charge on any atom is 0.224 e. The van der Waals surface area contributed by atoms with Crippen LogP contribution in [0.3, 0.4) is 0 Å². The van der Waals surface area contributed by atoms with Crippen LogP contribution >= 0.6 is 0 Å². The Labute approximate surface area is 205 Å². The molecule has 1 amide bonds. The highest BCUT2D eigenvalue weighted by Crippen LogP contribution is 2.27. The van der Waals surface area contributed by atoms with Crippen LogP contribution in [0.4, 0.5) is 0 Å². The number of likely N-dealkylation sites (N-methyl/N-ethyl adjacent to an activating group) is 1. The van der Waals surface area contributed by atoms with Crippen LogP contribution in [0.2, 0.25) is 0 Å². The zero-order valence-electron chi connectivity index (χ0n) is 20.9. The van der Waals surface area contributed by atoms with E-state index in [1.54, 1.807) is 0 Å². The molecule has 5 nitrogen and oxygen atoms in total. The molecule has 2 aromatic rings. The molecular weight excluding hydrogens is 420 g/mol. The molecule has 3 atom stereocenters. The summed E-state index contributed by atoms with van der Waals surface area (Å²) in [6.07, 6.45) is 6.15. The van der Waals surface area contributed by atoms with Crippen molar-refractivity contribution in [2.45, 2.75) is 51.6 Å². The second-order valence-electron chi connectivity index (χ2n) is 10.9. The van der Waals surface area contributed by atoms with Gasteiger partial charge in [0.2, 0.25) is 5.91 Å². The van der Waals surface area contributed by atoms with Crippen molar-refractivity contribution in [1.29, 1.82) is 0 Å². The Morgan fingerprint density at radius 3 is 2.62 bits per heavy atom. The highest BCUT2D eigenvalue weighted by Gasteiger charge is 2.33. The summed E-state index contributed by atoms with van der Waals surface area (Å²) in [5, 5.41) is 5.96. The Kier molecular flexibility index (Phi) is 7.83. The van der Waals surface area contributed by atoms with Gasteiger partial charge in [-0.25, -0.2) is 0 Å². The molecule has 0 aliphatic carbocycles. The van der Waals surface area contributed by atoms with Crippen LogP contribution in [0.15, 0.2) is 42.5 Å². The molecule has 3 fully saturated rings. The van der Waals surface area contributed by atoms with Gasteiger partial charge in [0.15, 0.2) is 0 Å². The summed E-state index contributed by atoms with van der Waals surface area (Å²) < 4.78 is 0. The number of amides is 1. The lowest BCUT2D eigenvalue weighted by atomic mass is 9.87. The zero-order chi connectivity index (χ0) is 23.3. The summed E-state index contributed by atoms with van der Waals surface area (Å²) in [7, 11) is 0. The van der Waals surface area contributed by atoms with Gasteiger partial charge in [-0.05, 0) is 86.6 Å². The highest BCUT2D eigenvalue weighted by atomic mass is 16.1. The van der Waals surface area contributed by atoms with Gasteiger partial charge in [-0.3, -0.25) is 14.6 Å². The molecule has 34 heavy (non-hydrogen) atoms. The van der Waals surface area contributed by atoms with E-state index in [0.29, 0.717) is 12.0 Å². The smallest absolute Gasteiger partial charge is 0.224 e. The van der Waals surface area contributed by atoms with Crippen molar-refractivity contribution in [2.75, 3.05) is 52.4 Å². The summed E-state index contributed by atoms with van der Waals surface area (Å²) >= 11 is 0. The van der Waals surface area contributed by atoms with Crippen LogP contribution < -0.4 is 5.32 Å². The molecular formula is C29H42N4O. The number of rotatable bonds is 8. The van der Waals surface area contributed by atoms with Crippen LogP contribution in [-0.2, 0) is 11.3 Å². The lowest BCUT2D eigenvalue weighted by Crippen LogP contribution is -2.50. The van der Waals surface area contributed by atoms with Gasteiger partial charge in [0.05, 0.1) is 5.92 Å². The molecule has 2 aromatic carbocycles. The highest BCUT2D eigenvalue weighted by molar-refractivity contribution is 5.83. The second kappa shape index (κ2) is 11.2. The normalized spacial score (nSPS) is 26.9. The van der Waals surface area contributed by atoms with Gasteiger partial charge in [0, 0.05) is 38.8 Å². The van der Waals surface area contributed by atoms with Crippen molar-refractivity contribution < 1.29 is 4.79 Å². The monoisotopic (exact) mass is 462 g/mol. The molecule has 184 valence electrons. The van der Waals surface area contributed by atoms with Gasteiger partial charge in [-0.1, -0.05) is 43.3 Å². The summed E-state index contributed by atoms with van der Waals surface area (Å²) in [4.78, 5) is 21.0. The lowest BCUT2D eigenvalue weighted by molar-refractivity contribution is -0.128. The molecule has 3 aliphatic heterocycles. The molecule has 1 unspecified atom stereocenters. The van der Waals surface area contributed by atoms with Gasteiger partial charge in [-0.2, -0.15) is 0 Å². The first-order chi connectivity index (χ1) is 16.7. The summed E-state index contributed by atoms with van der Waals surface area (Å²) in [5.41, 5.74) is 1.35. The van der Waals surface area contributed by atoms with Gasteiger partial charge in [0.1, 0.15) is 0 Å². The van der Waals surface area contributed by atoms with E-state index < -0.39 is 0 Å². The van der Waals surface area contributed by atoms with Crippen LogP contribution in [0.5, 0.6) is 0 Å². The van der Waals surface area contributed by atoms with Crippen molar-refractivity contribution in [1.82, 2.24) is 20.0 Å². The van der Waals surface area contributed by atoms with E-state index in [2.05, 4.69) is 69.4 Å². The number of hydrogen-bond donors (Lipinski definition) is 1. The molecule has 1 N–H and O–H groups in total. The van der Waals surface area contributed by atoms with E-state index in [1.165, 1.54) is 61.7 Å². The topological polar surface area (TPSA) is 38.8 Å². The Morgan fingerprint density at radius 2 is 1.79 bits per heavy atom. The van der Waals surface area contributed by atoms with Gasteiger partial charge in [0.25, 0.3) is 0 Å². The lowest BCUT2D eigenvalue weighted by Gasteiger charge is -2.39. The molecule has 0 bridgehead atoms. The third-order valence-electron chi connectivity index (χ3n) is 8.34. The van der Waals surface area contributed by atoms with Crippen LogP contribution in [0.1, 0.15) is 44.6 Å². The zero-order valence-corrected chi connectivity index (χ0v) is 20.9. The number of benzene rings is 2. The molecule has 0 spiro atoms. The Morgan fingerprint density at radius 1 is 0.971 bits per heavy atom. The first kappa shape index (κ1) is 23.8. The van der Waals surface area contributed by atoms with Crippen molar-refractivity contribution in [2.24, 2.45) is 11.8 Å². The first-order valence-corrected chi connectivity index (χ1v) is 13.6. The number of carbonyl (C=O) groups is 1. The number of nitrogens with one attached hydrogen (secondary N) is 1. The molecule has 0 aromatic heterocycles. The minimum atomic E-state index is 0.0956. The first-order valence-electron chi connectivity index (χ1n) is 13.6. The van der Waals surface area contributed by atoms with E-state index in [-0.39, 0.29) is 11.8 Å². The Balaban J connectivity index is 1.24. The van der Waals surface area contributed by atoms with Crippen molar-refractivity contribution >= 4 is 16.7 Å². The number of nitrogens with zero attached hydrogens (tertiary/aromatic N) is 3. The van der Waals surface area contributed by atoms with Crippen LogP contribution in [0, 0.1) is 11.8 Å². The average molecular weight is 463 g/mol. The molecule has 3 heterocycles. The summed E-state index contributed by atoms with van der Waals surface area (Å²) in [6, 6.07) is 15.9. The number of fused-ring (bicyclic) bond motifs is 1. The average Bonchev–Trinajstić information content (AvgIpc) is 3.54. The number of hydrogen-bond acceptors (Lipinski definition) is 4. The maximum atomic E-state index is 13.3. The van der Waals surface area contributed by atoms with Gasteiger partial charge < -0.3 is 10.2 Å². The Hall–Kier alpha value is -1.95. The second-order valence-corrected chi connectivity index (χ2v) is 10.9. The van der Waals surface area contributed by atoms with Crippen molar-refractivity contribution in [3.8, 4) is 0 Å². The SMILES string of the molecule is CCN1CCCC1CNC(=O)[C@@H]1C[C@H](CN2CCCC2)CN(Cc2ccc3ccccc3c2)C1. The predicted octanol–water partition coefficient (Wildman–Crippen LogP) is 3.97. The number of carbonyl (C=O) groups excluding carboxylic acids is 1. The van der Waals surface area contributed by atoms with Crippen LogP contribution in [-0.4, -0.2) is 79.0 Å². The third kappa shape index (κ3) is 5.81. The molecule has 3 aliphatic rings. The summed E-state index contributed by atoms with van der Waals surface area (Å²) in [5.74, 6) is 0.942. The fraction of sp³-hybridized carbons (Fsp3) is 0.621. The fourth-order valence-corrected chi connectivity index (χ4v) is 6.59. The molecule has 0 radical (unpaired) electrons. The van der Waals surface area contributed by atoms with E-state index in [9.17, 15) is 4.79 Å². The van der Waals surface area contributed by atoms with E-state index in [1.807, 2.05) is 0 Å². The van der Waals surface area contributed by atoms with E-state index >= 15 is 0 Å². The van der Waals surface area contributed by atoms with Crippen molar-refractivity contribution in [3.05, 3.63) is 48.0 Å². The molecule has 5 rings (SSSR count). The minimum Gasteiger partial charge on any atom is -0.354 e. The van der Waals surface area contributed by atoms with Gasteiger partial charge >= 0.3 is 0 Å².